The van der Waals surface area contributed by atoms with E-state index in [1.54, 1.807) is 0 Å². The van der Waals surface area contributed by atoms with Gasteiger partial charge in [0.15, 0.2) is 0 Å². The van der Waals surface area contributed by atoms with Crippen molar-refractivity contribution in [3.8, 4) is 12.0 Å². The molecule has 0 radical (unpaired) electrons. The Bertz CT molecular complexity index is 68.7. The van der Waals surface area contributed by atoms with Gasteiger partial charge < -0.3 is 9.59 Å². The van der Waals surface area contributed by atoms with Crippen molar-refractivity contribution in [2.45, 2.75) is 0 Å². The van der Waals surface area contributed by atoms with E-state index in [-0.39, 0.29) is 37.7 Å². The van der Waals surface area contributed by atoms with Gasteiger partial charge in [-0.1, -0.05) is 18.4 Å². The Morgan fingerprint density at radius 1 is 1.00 bits per heavy atom. The predicted molar refractivity (Wildman–Crippen MR) is 27.2 cm³/mol. The molecule has 0 bridgehead atoms. The van der Waals surface area contributed by atoms with Crippen LogP contribution in [0.25, 0.3) is 0 Å². The van der Waals surface area contributed by atoms with Crippen molar-refractivity contribution in [2.24, 2.45) is 0 Å². The average molecular weight is 154 g/mol. The summed E-state index contributed by atoms with van der Waals surface area (Å²) in [6, 6.07) is 8.64. The van der Waals surface area contributed by atoms with Gasteiger partial charge in [0.2, 0.25) is 0 Å². The summed E-state index contributed by atoms with van der Waals surface area (Å²) in [6.07, 6.45) is 0. The van der Waals surface area contributed by atoms with Gasteiger partial charge in [0.05, 0.1) is 0 Å². The van der Waals surface area contributed by atoms with E-state index >= 15 is 0 Å². The van der Waals surface area contributed by atoms with Crippen LogP contribution >= 0.6 is 0 Å². The van der Waals surface area contributed by atoms with Crippen LogP contribution in [0.5, 0.6) is 0 Å². The van der Waals surface area contributed by atoms with Crippen LogP contribution in [0.3, 0.4) is 0 Å². The molecular formula is C2H2CaO2Si2. The van der Waals surface area contributed by atoms with Gasteiger partial charge in [0.25, 0.3) is 0 Å². The second-order valence-electron chi connectivity index (χ2n) is 0.236. The largest absolute Gasteiger partial charge is 2.00 e. The molecule has 0 saturated carbocycles. The third-order valence-corrected chi connectivity index (χ3v) is 0. The molecule has 2 nitrogen and oxygen atoms in total. The van der Waals surface area contributed by atoms with Crippen molar-refractivity contribution < 1.29 is 9.59 Å². The van der Waals surface area contributed by atoms with Crippen molar-refractivity contribution in [3.05, 3.63) is 0 Å². The normalized spacial score (nSPS) is 2.00. The molecule has 0 atom stereocenters. The maximum Gasteiger partial charge on any atom is 2.00 e. The number of hydrogen-bond donors (Lipinski definition) is 0. The van der Waals surface area contributed by atoms with Crippen LogP contribution in [0.2, 0.25) is 0 Å². The summed E-state index contributed by atoms with van der Waals surface area (Å²) in [7, 11) is -1.33. The van der Waals surface area contributed by atoms with Crippen LogP contribution in [0.15, 0.2) is 0 Å². The fourth-order valence-corrected chi connectivity index (χ4v) is 0. The van der Waals surface area contributed by atoms with Crippen LogP contribution in [0, 0.1) is 12.0 Å². The molecule has 0 amide bonds. The standard InChI is InChI=1S/2CHOSi.Ca/c2*1-3-2;/h2*1H;/q2*-1;+2. The Labute approximate surface area is 77.0 Å². The molecule has 0 spiro atoms. The van der Waals surface area contributed by atoms with Gasteiger partial charge in [-0.05, 0) is 0 Å². The van der Waals surface area contributed by atoms with E-state index in [1.165, 1.54) is 0 Å². The summed E-state index contributed by atoms with van der Waals surface area (Å²) >= 11 is 0. The molecule has 0 unspecified atom stereocenters. The minimum atomic E-state index is -0.667. The number of rotatable bonds is 0. The molecule has 7 heavy (non-hydrogen) atoms. The van der Waals surface area contributed by atoms with E-state index < -0.39 is 18.4 Å². The second-order valence-corrected chi connectivity index (χ2v) is 0.707. The minimum Gasteiger partial charge on any atom is -0.859 e. The van der Waals surface area contributed by atoms with E-state index in [2.05, 4.69) is 12.0 Å². The van der Waals surface area contributed by atoms with E-state index in [0.29, 0.717) is 0 Å². The van der Waals surface area contributed by atoms with Crippen LogP contribution in [0.1, 0.15) is 0 Å². The topological polar surface area (TPSA) is 46.1 Å². The minimum absolute atomic E-state index is 0. The molecule has 0 aliphatic carbocycles. The summed E-state index contributed by atoms with van der Waals surface area (Å²) in [5.74, 6) is 0. The van der Waals surface area contributed by atoms with Gasteiger partial charge in [-0.15, -0.1) is 0 Å². The van der Waals surface area contributed by atoms with Gasteiger partial charge in [-0.3, -0.25) is 0 Å². The first-order valence-electron chi connectivity index (χ1n) is 0.986. The molecule has 0 aromatic rings. The maximum atomic E-state index is 8.74. The SMILES string of the molecule is C#[Si][O-].C#[Si][O-].[Ca+2]. The first-order chi connectivity index (χ1) is 2.83. The Morgan fingerprint density at radius 2 is 1.00 bits per heavy atom. The molecule has 0 aliphatic heterocycles. The zero-order chi connectivity index (χ0) is 5.41. The van der Waals surface area contributed by atoms with Gasteiger partial charge in [-0.25, -0.2) is 0 Å². The Kier molecular flexibility index (Phi) is 64.5. The molecule has 0 aromatic carbocycles. The second kappa shape index (κ2) is 28.8. The van der Waals surface area contributed by atoms with Gasteiger partial charge >= 0.3 is 37.7 Å². The van der Waals surface area contributed by atoms with E-state index in [1.807, 2.05) is 0 Å². The molecule has 0 aromatic heterocycles. The first-order valence-corrected chi connectivity index (χ1v) is 2.96. The molecule has 0 N–H and O–H groups in total. The maximum absolute atomic E-state index is 8.74. The summed E-state index contributed by atoms with van der Waals surface area (Å²) in [4.78, 5) is 17.5. The summed E-state index contributed by atoms with van der Waals surface area (Å²) < 4.78 is 0. The third-order valence-electron chi connectivity index (χ3n) is 0. The van der Waals surface area contributed by atoms with Crippen molar-refractivity contribution in [2.75, 3.05) is 0 Å². The smallest absolute Gasteiger partial charge is 0.859 e. The predicted octanol–water partition coefficient (Wildman–Crippen LogP) is -3.27. The van der Waals surface area contributed by atoms with Crippen LogP contribution in [0.4, 0.5) is 0 Å². The van der Waals surface area contributed by atoms with Crippen molar-refractivity contribution >= 4 is 56.1 Å². The quantitative estimate of drug-likeness (QED) is 0.344. The first kappa shape index (κ1) is 15.7. The zero-order valence-electron chi connectivity index (χ0n) is 3.68. The van der Waals surface area contributed by atoms with Crippen molar-refractivity contribution in [3.63, 3.8) is 0 Å². The van der Waals surface area contributed by atoms with E-state index in [9.17, 15) is 0 Å². The average Bonchev–Trinajstić information content (AvgIpc) is 1.39. The molecule has 0 aliphatic rings. The van der Waals surface area contributed by atoms with Gasteiger partial charge in [0.1, 0.15) is 0 Å². The van der Waals surface area contributed by atoms with Gasteiger partial charge in [-0.2, -0.15) is 12.0 Å². The van der Waals surface area contributed by atoms with Crippen LogP contribution < -0.4 is 9.59 Å². The molecule has 0 heterocycles. The van der Waals surface area contributed by atoms with Crippen molar-refractivity contribution in [1.82, 2.24) is 0 Å². The van der Waals surface area contributed by atoms with E-state index in [4.69, 9.17) is 9.59 Å². The summed E-state index contributed by atoms with van der Waals surface area (Å²) in [6.45, 7) is 0. The van der Waals surface area contributed by atoms with Gasteiger partial charge in [0, 0.05) is 0 Å². The summed E-state index contributed by atoms with van der Waals surface area (Å²) in [5.41, 5.74) is 0. The van der Waals surface area contributed by atoms with E-state index in [0.717, 1.165) is 0 Å². The third kappa shape index (κ3) is 222. The fourth-order valence-electron chi connectivity index (χ4n) is 0. The zero-order valence-corrected chi connectivity index (χ0v) is 7.89. The molecular weight excluding hydrogens is 152 g/mol. The van der Waals surface area contributed by atoms with Crippen molar-refractivity contribution in [1.29, 1.82) is 0 Å². The Morgan fingerprint density at radius 3 is 1.00 bits per heavy atom. The van der Waals surface area contributed by atoms with Crippen LogP contribution in [-0.2, 0) is 0 Å². The molecule has 5 heteroatoms. The molecule has 0 saturated heterocycles. The fraction of sp³-hybridized carbons (Fsp3) is 0. The van der Waals surface area contributed by atoms with Crippen LogP contribution in [-0.4, -0.2) is 56.1 Å². The molecule has 0 fully saturated rings. The Balaban J connectivity index is -0.0000000400. The monoisotopic (exact) mass is 154 g/mol. The molecule has 32 valence electrons. The Hall–Kier alpha value is 0.854. The molecule has 0 rings (SSSR count). The summed E-state index contributed by atoms with van der Waals surface area (Å²) in [5, 5.41) is 0. The number of hydrogen-bond acceptors (Lipinski definition) is 2.